The molecule has 0 bridgehead atoms. The molecular weight excluding hydrogens is 331 g/mol. The molecule has 1 aromatic heterocycles. The van der Waals surface area contributed by atoms with Gasteiger partial charge in [0.2, 0.25) is 5.91 Å². The zero-order chi connectivity index (χ0) is 16.9. The van der Waals surface area contributed by atoms with E-state index in [1.807, 2.05) is 12.1 Å². The minimum atomic E-state index is -0.379. The summed E-state index contributed by atoms with van der Waals surface area (Å²) in [4.78, 5) is 14.7. The van der Waals surface area contributed by atoms with Gasteiger partial charge in [-0.3, -0.25) is 9.69 Å². The van der Waals surface area contributed by atoms with Crippen LogP contribution < -0.4 is 5.32 Å². The van der Waals surface area contributed by atoms with Crippen molar-refractivity contribution in [3.63, 3.8) is 0 Å². The maximum atomic E-state index is 13.1. The number of hydrogen-bond acceptors (Lipinski definition) is 3. The molecule has 2 heterocycles. The molecule has 1 aliphatic rings. The number of amides is 1. The molecule has 1 amide bonds. The van der Waals surface area contributed by atoms with Gasteiger partial charge in [0.05, 0.1) is 18.7 Å². The standard InChI is InChI=1S/C18H20ClFN2O2/c19-17-9-15(20)6-5-13(17)10-21-18(23)14-3-1-7-22(11-14)12-16-4-2-8-24-16/h2,4-6,8-9,14H,1,3,7,10-12H2,(H,21,23)/t14-/m1/s1. The van der Waals surface area contributed by atoms with E-state index in [0.717, 1.165) is 37.3 Å². The van der Waals surface area contributed by atoms with Crippen LogP contribution in [0.5, 0.6) is 0 Å². The highest BCUT2D eigenvalue weighted by molar-refractivity contribution is 6.31. The van der Waals surface area contributed by atoms with Gasteiger partial charge in [-0.15, -0.1) is 0 Å². The Bertz CT molecular complexity index is 690. The summed E-state index contributed by atoms with van der Waals surface area (Å²) in [5.41, 5.74) is 0.717. The number of rotatable bonds is 5. The van der Waals surface area contributed by atoms with Crippen molar-refractivity contribution in [2.45, 2.75) is 25.9 Å². The number of halogens is 2. The lowest BCUT2D eigenvalue weighted by Gasteiger charge is -2.31. The van der Waals surface area contributed by atoms with Crippen LogP contribution in [-0.2, 0) is 17.9 Å². The van der Waals surface area contributed by atoms with E-state index in [4.69, 9.17) is 16.0 Å². The number of likely N-dealkylation sites (tertiary alicyclic amines) is 1. The van der Waals surface area contributed by atoms with E-state index in [1.165, 1.54) is 12.1 Å². The third kappa shape index (κ3) is 4.36. The van der Waals surface area contributed by atoms with Crippen LogP contribution in [0, 0.1) is 11.7 Å². The molecule has 2 aromatic rings. The molecule has 0 unspecified atom stereocenters. The fraction of sp³-hybridized carbons (Fsp3) is 0.389. The Kier molecular flexibility index (Phi) is 5.53. The summed E-state index contributed by atoms with van der Waals surface area (Å²) in [6, 6.07) is 8.02. The number of nitrogens with one attached hydrogen (secondary N) is 1. The molecule has 4 nitrogen and oxygen atoms in total. The fourth-order valence-electron chi connectivity index (χ4n) is 3.03. The van der Waals surface area contributed by atoms with Crippen LogP contribution in [0.3, 0.4) is 0 Å². The predicted octanol–water partition coefficient (Wildman–Crippen LogP) is 3.60. The van der Waals surface area contributed by atoms with Crippen molar-refractivity contribution in [3.8, 4) is 0 Å². The lowest BCUT2D eigenvalue weighted by molar-refractivity contribution is -0.127. The second kappa shape index (κ2) is 7.81. The molecule has 0 saturated carbocycles. The summed E-state index contributed by atoms with van der Waals surface area (Å²) in [5, 5.41) is 3.24. The highest BCUT2D eigenvalue weighted by Gasteiger charge is 2.26. The fourth-order valence-corrected chi connectivity index (χ4v) is 3.26. The van der Waals surface area contributed by atoms with Gasteiger partial charge in [0, 0.05) is 18.1 Å². The Labute approximate surface area is 145 Å². The normalized spacial score (nSPS) is 18.5. The summed E-state index contributed by atoms with van der Waals surface area (Å²) < 4.78 is 18.4. The van der Waals surface area contributed by atoms with Gasteiger partial charge in [-0.1, -0.05) is 17.7 Å². The second-order valence-corrected chi connectivity index (χ2v) is 6.51. The minimum Gasteiger partial charge on any atom is -0.468 e. The van der Waals surface area contributed by atoms with Gasteiger partial charge in [-0.2, -0.15) is 0 Å². The van der Waals surface area contributed by atoms with Gasteiger partial charge in [-0.25, -0.2) is 4.39 Å². The van der Waals surface area contributed by atoms with E-state index in [0.29, 0.717) is 18.1 Å². The van der Waals surface area contributed by atoms with Crippen molar-refractivity contribution in [3.05, 3.63) is 58.8 Å². The summed E-state index contributed by atoms with van der Waals surface area (Å²) in [7, 11) is 0. The number of piperidine rings is 1. The smallest absolute Gasteiger partial charge is 0.224 e. The van der Waals surface area contributed by atoms with Crippen molar-refractivity contribution < 1.29 is 13.6 Å². The predicted molar refractivity (Wildman–Crippen MR) is 90.0 cm³/mol. The van der Waals surface area contributed by atoms with Gasteiger partial charge in [0.25, 0.3) is 0 Å². The molecule has 24 heavy (non-hydrogen) atoms. The third-order valence-electron chi connectivity index (χ3n) is 4.30. The highest BCUT2D eigenvalue weighted by Crippen LogP contribution is 2.20. The van der Waals surface area contributed by atoms with Crippen LogP contribution in [-0.4, -0.2) is 23.9 Å². The van der Waals surface area contributed by atoms with Crippen molar-refractivity contribution in [2.75, 3.05) is 13.1 Å². The van der Waals surface area contributed by atoms with E-state index >= 15 is 0 Å². The van der Waals surface area contributed by atoms with Crippen LogP contribution >= 0.6 is 11.6 Å². The Morgan fingerprint density at radius 3 is 3.04 bits per heavy atom. The molecule has 3 rings (SSSR count). The molecule has 1 aliphatic heterocycles. The quantitative estimate of drug-likeness (QED) is 0.896. The Morgan fingerprint density at radius 2 is 2.29 bits per heavy atom. The highest BCUT2D eigenvalue weighted by atomic mass is 35.5. The van der Waals surface area contributed by atoms with Crippen LogP contribution in [0.1, 0.15) is 24.2 Å². The van der Waals surface area contributed by atoms with Crippen LogP contribution in [0.25, 0.3) is 0 Å². The molecule has 1 saturated heterocycles. The van der Waals surface area contributed by atoms with Crippen molar-refractivity contribution >= 4 is 17.5 Å². The lowest BCUT2D eigenvalue weighted by atomic mass is 9.97. The van der Waals surface area contributed by atoms with Gasteiger partial charge in [0.1, 0.15) is 11.6 Å². The van der Waals surface area contributed by atoms with Crippen molar-refractivity contribution in [1.82, 2.24) is 10.2 Å². The molecular formula is C18H20ClFN2O2. The van der Waals surface area contributed by atoms with E-state index in [-0.39, 0.29) is 17.6 Å². The Morgan fingerprint density at radius 1 is 1.42 bits per heavy atom. The molecule has 1 aromatic carbocycles. The third-order valence-corrected chi connectivity index (χ3v) is 4.66. The van der Waals surface area contributed by atoms with Crippen LogP contribution in [0.15, 0.2) is 41.0 Å². The summed E-state index contributed by atoms with van der Waals surface area (Å²) in [6.07, 6.45) is 3.52. The van der Waals surface area contributed by atoms with Gasteiger partial charge in [-0.05, 0) is 49.2 Å². The topological polar surface area (TPSA) is 45.5 Å². The summed E-state index contributed by atoms with van der Waals surface area (Å²) in [6.45, 7) is 2.71. The molecule has 0 radical (unpaired) electrons. The van der Waals surface area contributed by atoms with Gasteiger partial charge < -0.3 is 9.73 Å². The van der Waals surface area contributed by atoms with E-state index in [9.17, 15) is 9.18 Å². The number of carbonyl (C=O) groups is 1. The lowest BCUT2D eigenvalue weighted by Crippen LogP contribution is -2.42. The molecule has 1 N–H and O–H groups in total. The Balaban J connectivity index is 1.52. The number of benzene rings is 1. The maximum Gasteiger partial charge on any atom is 0.224 e. The van der Waals surface area contributed by atoms with Gasteiger partial charge >= 0.3 is 0 Å². The number of furan rings is 1. The number of hydrogen-bond donors (Lipinski definition) is 1. The Hall–Kier alpha value is -1.85. The molecule has 1 atom stereocenters. The average Bonchev–Trinajstić information content (AvgIpc) is 3.07. The molecule has 6 heteroatoms. The molecule has 0 aliphatic carbocycles. The van der Waals surface area contributed by atoms with Gasteiger partial charge in [0.15, 0.2) is 0 Å². The number of carbonyl (C=O) groups excluding carboxylic acids is 1. The first-order chi connectivity index (χ1) is 11.6. The first-order valence-corrected chi connectivity index (χ1v) is 8.46. The average molecular weight is 351 g/mol. The summed E-state index contributed by atoms with van der Waals surface area (Å²) >= 11 is 5.99. The van der Waals surface area contributed by atoms with Crippen molar-refractivity contribution in [2.24, 2.45) is 5.92 Å². The minimum absolute atomic E-state index is 0.0135. The molecule has 128 valence electrons. The summed E-state index contributed by atoms with van der Waals surface area (Å²) in [5.74, 6) is 0.498. The monoisotopic (exact) mass is 350 g/mol. The van der Waals surface area contributed by atoms with E-state index in [2.05, 4.69) is 10.2 Å². The first-order valence-electron chi connectivity index (χ1n) is 8.08. The zero-order valence-corrected chi connectivity index (χ0v) is 14.1. The zero-order valence-electron chi connectivity index (χ0n) is 13.3. The van der Waals surface area contributed by atoms with Crippen LogP contribution in [0.4, 0.5) is 4.39 Å². The van der Waals surface area contributed by atoms with E-state index in [1.54, 1.807) is 12.3 Å². The molecule has 0 spiro atoms. The first kappa shape index (κ1) is 17.0. The largest absolute Gasteiger partial charge is 0.468 e. The SMILES string of the molecule is O=C(NCc1ccc(F)cc1Cl)[C@@H]1CCCN(Cc2ccco2)C1. The molecule has 1 fully saturated rings. The van der Waals surface area contributed by atoms with Crippen LogP contribution in [0.2, 0.25) is 5.02 Å². The van der Waals surface area contributed by atoms with E-state index < -0.39 is 0 Å². The second-order valence-electron chi connectivity index (χ2n) is 6.11. The van der Waals surface area contributed by atoms with Crippen molar-refractivity contribution in [1.29, 1.82) is 0 Å². The number of nitrogens with zero attached hydrogens (tertiary/aromatic N) is 1. The maximum absolute atomic E-state index is 13.1.